The molecule has 0 fully saturated rings. The molecule has 4 nitrogen and oxygen atoms in total. The molecule has 0 aliphatic carbocycles. The number of carbonyl (C=O) groups is 1. The summed E-state index contributed by atoms with van der Waals surface area (Å²) in [6.45, 7) is 6.80. The molecule has 0 bridgehead atoms. The zero-order valence-electron chi connectivity index (χ0n) is 12.4. The summed E-state index contributed by atoms with van der Waals surface area (Å²) in [6, 6.07) is 5.95. The summed E-state index contributed by atoms with van der Waals surface area (Å²) in [5, 5.41) is 1.06. The molecule has 5 heteroatoms. The third kappa shape index (κ3) is 2.93. The summed E-state index contributed by atoms with van der Waals surface area (Å²) in [4.78, 5) is 14.0. The summed E-state index contributed by atoms with van der Waals surface area (Å²) in [6.07, 6.45) is 0.457. The van der Waals surface area contributed by atoms with Gasteiger partial charge in [0.1, 0.15) is 16.9 Å². The van der Waals surface area contributed by atoms with E-state index in [0.29, 0.717) is 13.1 Å². The van der Waals surface area contributed by atoms with Crippen LogP contribution >= 0.6 is 15.9 Å². The molecular formula is C16H18BrNO3. The molecule has 0 unspecified atom stereocenters. The molecular weight excluding hydrogens is 334 g/mol. The molecule has 112 valence electrons. The van der Waals surface area contributed by atoms with Gasteiger partial charge in [-0.15, -0.1) is 0 Å². The zero-order chi connectivity index (χ0) is 15.2. The van der Waals surface area contributed by atoms with Crippen molar-refractivity contribution in [2.45, 2.75) is 39.3 Å². The lowest BCUT2D eigenvalue weighted by atomic mass is 10.1. The van der Waals surface area contributed by atoms with E-state index >= 15 is 0 Å². The number of nitrogens with zero attached hydrogens (tertiary/aromatic N) is 1. The predicted octanol–water partition coefficient (Wildman–Crippen LogP) is 4.49. The van der Waals surface area contributed by atoms with Gasteiger partial charge in [-0.05, 0) is 39.0 Å². The number of amides is 1. The van der Waals surface area contributed by atoms with Gasteiger partial charge in [0.05, 0.1) is 6.54 Å². The van der Waals surface area contributed by atoms with Crippen molar-refractivity contribution in [3.05, 3.63) is 34.0 Å². The monoisotopic (exact) mass is 351 g/mol. The molecule has 1 amide bonds. The number of hydrogen-bond donors (Lipinski definition) is 0. The highest BCUT2D eigenvalue weighted by atomic mass is 79.9. The molecule has 0 atom stereocenters. The molecule has 1 aliphatic heterocycles. The predicted molar refractivity (Wildman–Crippen MR) is 84.3 cm³/mol. The first-order valence-corrected chi connectivity index (χ1v) is 7.80. The lowest BCUT2D eigenvalue weighted by molar-refractivity contribution is 0.0220. The molecule has 0 spiro atoms. The zero-order valence-corrected chi connectivity index (χ0v) is 14.0. The minimum Gasteiger partial charge on any atom is -0.461 e. The Morgan fingerprint density at radius 2 is 2.14 bits per heavy atom. The van der Waals surface area contributed by atoms with Gasteiger partial charge in [-0.25, -0.2) is 4.79 Å². The Balaban J connectivity index is 1.89. The van der Waals surface area contributed by atoms with Crippen LogP contribution in [0.4, 0.5) is 4.79 Å². The van der Waals surface area contributed by atoms with Gasteiger partial charge < -0.3 is 14.1 Å². The van der Waals surface area contributed by atoms with Crippen LogP contribution in [-0.4, -0.2) is 23.1 Å². The van der Waals surface area contributed by atoms with Gasteiger partial charge in [-0.2, -0.15) is 0 Å². The number of furan rings is 1. The van der Waals surface area contributed by atoms with E-state index in [1.807, 2.05) is 39.0 Å². The SMILES string of the molecule is CC(C)(C)OC(=O)N1CCc2oc3ccc(Br)cc3c2C1. The Labute approximate surface area is 132 Å². The fraction of sp³-hybridized carbons (Fsp3) is 0.438. The average Bonchev–Trinajstić information content (AvgIpc) is 2.74. The Morgan fingerprint density at radius 3 is 2.86 bits per heavy atom. The molecule has 2 heterocycles. The first-order chi connectivity index (χ1) is 9.83. The Hall–Kier alpha value is -1.49. The summed E-state index contributed by atoms with van der Waals surface area (Å²) in [5.74, 6) is 0.975. The van der Waals surface area contributed by atoms with E-state index in [1.54, 1.807) is 4.90 Å². The van der Waals surface area contributed by atoms with Gasteiger partial charge in [-0.1, -0.05) is 15.9 Å². The maximum Gasteiger partial charge on any atom is 0.410 e. The van der Waals surface area contributed by atoms with Gasteiger partial charge >= 0.3 is 6.09 Å². The number of rotatable bonds is 0. The second-order valence-electron chi connectivity index (χ2n) is 6.30. The van der Waals surface area contributed by atoms with Crippen molar-refractivity contribution in [1.82, 2.24) is 4.90 Å². The first kappa shape index (κ1) is 14.4. The third-order valence-corrected chi connectivity index (χ3v) is 3.94. The van der Waals surface area contributed by atoms with Crippen LogP contribution in [0.15, 0.2) is 27.1 Å². The average molecular weight is 352 g/mol. The molecule has 2 aromatic rings. The number of hydrogen-bond acceptors (Lipinski definition) is 3. The van der Waals surface area contributed by atoms with E-state index in [1.165, 1.54) is 0 Å². The minimum absolute atomic E-state index is 0.266. The molecule has 0 N–H and O–H groups in total. The number of halogens is 1. The molecule has 3 rings (SSSR count). The molecule has 1 aromatic heterocycles. The Morgan fingerprint density at radius 1 is 1.38 bits per heavy atom. The number of benzene rings is 1. The number of ether oxygens (including phenoxy) is 1. The van der Waals surface area contributed by atoms with Crippen molar-refractivity contribution < 1.29 is 13.9 Å². The van der Waals surface area contributed by atoms with Gasteiger partial charge in [-0.3, -0.25) is 0 Å². The normalized spacial score (nSPS) is 15.1. The van der Waals surface area contributed by atoms with Crippen LogP contribution in [0, 0.1) is 0 Å². The molecule has 0 saturated carbocycles. The number of carbonyl (C=O) groups excluding carboxylic acids is 1. The van der Waals surface area contributed by atoms with Gasteiger partial charge in [0.25, 0.3) is 0 Å². The summed E-state index contributed by atoms with van der Waals surface area (Å²) in [7, 11) is 0. The van der Waals surface area contributed by atoms with Crippen molar-refractivity contribution in [3.63, 3.8) is 0 Å². The Bertz CT molecular complexity index is 699. The molecule has 0 saturated heterocycles. The highest BCUT2D eigenvalue weighted by Gasteiger charge is 2.28. The van der Waals surface area contributed by atoms with Crippen LogP contribution in [0.5, 0.6) is 0 Å². The van der Waals surface area contributed by atoms with Crippen LogP contribution in [0.1, 0.15) is 32.1 Å². The fourth-order valence-electron chi connectivity index (χ4n) is 2.54. The fourth-order valence-corrected chi connectivity index (χ4v) is 2.90. The van der Waals surface area contributed by atoms with Crippen molar-refractivity contribution in [2.75, 3.05) is 6.54 Å². The van der Waals surface area contributed by atoms with Crippen LogP contribution in [0.3, 0.4) is 0 Å². The summed E-state index contributed by atoms with van der Waals surface area (Å²) >= 11 is 3.48. The van der Waals surface area contributed by atoms with E-state index in [4.69, 9.17) is 9.15 Å². The minimum atomic E-state index is -0.473. The lowest BCUT2D eigenvalue weighted by Gasteiger charge is -2.29. The topological polar surface area (TPSA) is 42.7 Å². The van der Waals surface area contributed by atoms with Gasteiger partial charge in [0.15, 0.2) is 0 Å². The van der Waals surface area contributed by atoms with E-state index in [0.717, 1.165) is 33.2 Å². The Kier molecular flexibility index (Phi) is 3.48. The van der Waals surface area contributed by atoms with Crippen LogP contribution in [0.25, 0.3) is 11.0 Å². The van der Waals surface area contributed by atoms with E-state index in [9.17, 15) is 4.79 Å². The van der Waals surface area contributed by atoms with E-state index in [2.05, 4.69) is 15.9 Å². The quantitative estimate of drug-likeness (QED) is 0.702. The third-order valence-electron chi connectivity index (χ3n) is 3.45. The second-order valence-corrected chi connectivity index (χ2v) is 7.21. The van der Waals surface area contributed by atoms with Crippen LogP contribution in [0.2, 0.25) is 0 Å². The van der Waals surface area contributed by atoms with E-state index < -0.39 is 5.60 Å². The highest BCUT2D eigenvalue weighted by Crippen LogP contribution is 2.32. The van der Waals surface area contributed by atoms with Gasteiger partial charge in [0.2, 0.25) is 0 Å². The first-order valence-electron chi connectivity index (χ1n) is 7.01. The van der Waals surface area contributed by atoms with Crippen molar-refractivity contribution in [1.29, 1.82) is 0 Å². The molecule has 21 heavy (non-hydrogen) atoms. The van der Waals surface area contributed by atoms with E-state index in [-0.39, 0.29) is 6.09 Å². The smallest absolute Gasteiger partial charge is 0.410 e. The van der Waals surface area contributed by atoms with Crippen molar-refractivity contribution in [3.8, 4) is 0 Å². The van der Waals surface area contributed by atoms with Crippen LogP contribution in [-0.2, 0) is 17.7 Å². The largest absolute Gasteiger partial charge is 0.461 e. The van der Waals surface area contributed by atoms with Gasteiger partial charge in [0, 0.05) is 28.4 Å². The molecule has 1 aromatic carbocycles. The van der Waals surface area contributed by atoms with Crippen molar-refractivity contribution >= 4 is 33.0 Å². The number of fused-ring (bicyclic) bond motifs is 3. The van der Waals surface area contributed by atoms with Crippen LogP contribution < -0.4 is 0 Å². The summed E-state index contributed by atoms with van der Waals surface area (Å²) in [5.41, 5.74) is 1.48. The maximum absolute atomic E-state index is 12.2. The highest BCUT2D eigenvalue weighted by molar-refractivity contribution is 9.10. The maximum atomic E-state index is 12.2. The molecule has 1 aliphatic rings. The van der Waals surface area contributed by atoms with Crippen molar-refractivity contribution in [2.24, 2.45) is 0 Å². The lowest BCUT2D eigenvalue weighted by Crippen LogP contribution is -2.39. The summed E-state index contributed by atoms with van der Waals surface area (Å²) < 4.78 is 12.3. The second kappa shape index (κ2) is 5.05. The molecule has 0 radical (unpaired) electrons. The standard InChI is InChI=1S/C16H18BrNO3/c1-16(2,3)21-15(19)18-7-6-14-12(9-18)11-8-10(17)4-5-13(11)20-14/h4-5,8H,6-7,9H2,1-3H3.